The summed E-state index contributed by atoms with van der Waals surface area (Å²) in [5, 5.41) is 3.05. The van der Waals surface area contributed by atoms with Crippen molar-refractivity contribution in [3.05, 3.63) is 27.7 Å². The molecule has 0 atom stereocenters. The second-order valence-electron chi connectivity index (χ2n) is 4.53. The van der Waals surface area contributed by atoms with Crippen LogP contribution in [-0.2, 0) is 4.79 Å². The first kappa shape index (κ1) is 11.6. The summed E-state index contributed by atoms with van der Waals surface area (Å²) in [5.41, 5.74) is 3.19. The van der Waals surface area contributed by atoms with E-state index in [0.29, 0.717) is 0 Å². The maximum atomic E-state index is 11.9. The van der Waals surface area contributed by atoms with E-state index in [9.17, 15) is 4.79 Å². The van der Waals surface area contributed by atoms with E-state index in [4.69, 9.17) is 0 Å². The molecule has 1 aromatic carbocycles. The van der Waals surface area contributed by atoms with Crippen molar-refractivity contribution in [2.75, 3.05) is 5.32 Å². The van der Waals surface area contributed by atoms with Crippen LogP contribution in [-0.4, -0.2) is 5.91 Å². The van der Waals surface area contributed by atoms with E-state index in [0.717, 1.165) is 34.1 Å². The minimum Gasteiger partial charge on any atom is -0.325 e. The quantitative estimate of drug-likeness (QED) is 0.878. The second-order valence-corrected chi connectivity index (χ2v) is 5.45. The Morgan fingerprint density at radius 2 is 1.88 bits per heavy atom. The summed E-state index contributed by atoms with van der Waals surface area (Å²) >= 11 is 3.45. The number of rotatable bonds is 2. The van der Waals surface area contributed by atoms with Crippen LogP contribution in [0.4, 0.5) is 5.69 Å². The highest BCUT2D eigenvalue weighted by Gasteiger charge is 2.25. The fourth-order valence-corrected chi connectivity index (χ4v) is 2.69. The molecule has 0 radical (unpaired) electrons. The van der Waals surface area contributed by atoms with Gasteiger partial charge in [0.1, 0.15) is 0 Å². The molecule has 0 aliphatic heterocycles. The van der Waals surface area contributed by atoms with Gasteiger partial charge in [0.25, 0.3) is 0 Å². The Morgan fingerprint density at radius 1 is 1.31 bits per heavy atom. The number of halogens is 1. The molecule has 2 nitrogen and oxygen atoms in total. The van der Waals surface area contributed by atoms with Gasteiger partial charge in [0.15, 0.2) is 0 Å². The van der Waals surface area contributed by atoms with Crippen molar-refractivity contribution >= 4 is 27.5 Å². The molecule has 1 aliphatic carbocycles. The summed E-state index contributed by atoms with van der Waals surface area (Å²) < 4.78 is 1.06. The van der Waals surface area contributed by atoms with Crippen molar-refractivity contribution in [2.24, 2.45) is 5.92 Å². The summed E-state index contributed by atoms with van der Waals surface area (Å²) in [6.45, 7) is 4.04. The van der Waals surface area contributed by atoms with E-state index in [1.54, 1.807) is 0 Å². The van der Waals surface area contributed by atoms with Gasteiger partial charge >= 0.3 is 0 Å². The number of anilines is 1. The minimum absolute atomic E-state index is 0.180. The predicted octanol–water partition coefficient (Wildman–Crippen LogP) is 3.80. The van der Waals surface area contributed by atoms with Crippen molar-refractivity contribution in [1.29, 1.82) is 0 Å². The Bertz CT molecular complexity index is 401. The summed E-state index contributed by atoms with van der Waals surface area (Å²) in [4.78, 5) is 11.9. The van der Waals surface area contributed by atoms with Crippen molar-refractivity contribution in [2.45, 2.75) is 33.1 Å². The molecule has 0 saturated heterocycles. The summed E-state index contributed by atoms with van der Waals surface area (Å²) in [6.07, 6.45) is 3.28. The van der Waals surface area contributed by atoms with E-state index in [-0.39, 0.29) is 11.8 Å². The van der Waals surface area contributed by atoms with Crippen LogP contribution >= 0.6 is 15.9 Å². The fraction of sp³-hybridized carbons (Fsp3) is 0.462. The lowest BCUT2D eigenvalue weighted by molar-refractivity contribution is -0.122. The van der Waals surface area contributed by atoms with Gasteiger partial charge in [-0.1, -0.05) is 22.4 Å². The van der Waals surface area contributed by atoms with Crippen LogP contribution in [0.1, 0.15) is 30.4 Å². The number of carbonyl (C=O) groups is 1. The van der Waals surface area contributed by atoms with Gasteiger partial charge in [-0.05, 0) is 49.9 Å². The molecule has 1 amide bonds. The third-order valence-corrected chi connectivity index (χ3v) is 3.68. The van der Waals surface area contributed by atoms with Crippen molar-refractivity contribution < 1.29 is 4.79 Å². The molecule has 0 aromatic heterocycles. The zero-order valence-electron chi connectivity index (χ0n) is 9.64. The zero-order valence-corrected chi connectivity index (χ0v) is 11.2. The van der Waals surface area contributed by atoms with Crippen LogP contribution in [0.15, 0.2) is 16.6 Å². The second kappa shape index (κ2) is 4.58. The molecule has 0 spiro atoms. The summed E-state index contributed by atoms with van der Waals surface area (Å²) in [5.74, 6) is 0.419. The van der Waals surface area contributed by atoms with Gasteiger partial charge in [-0.25, -0.2) is 0 Å². The third kappa shape index (κ3) is 2.29. The SMILES string of the molecule is Cc1cc(Br)cc(C)c1NC(=O)C1CCC1. The molecule has 0 heterocycles. The highest BCUT2D eigenvalue weighted by Crippen LogP contribution is 2.30. The van der Waals surface area contributed by atoms with Crippen LogP contribution in [0.25, 0.3) is 0 Å². The lowest BCUT2D eigenvalue weighted by Crippen LogP contribution is -2.28. The molecule has 2 rings (SSSR count). The fourth-order valence-electron chi connectivity index (χ4n) is 2.00. The van der Waals surface area contributed by atoms with E-state index >= 15 is 0 Å². The van der Waals surface area contributed by atoms with Crippen molar-refractivity contribution in [3.63, 3.8) is 0 Å². The Morgan fingerprint density at radius 3 is 2.31 bits per heavy atom. The molecule has 3 heteroatoms. The molecule has 1 aliphatic rings. The smallest absolute Gasteiger partial charge is 0.227 e. The Kier molecular flexibility index (Phi) is 3.33. The standard InChI is InChI=1S/C13H16BrNO/c1-8-6-11(14)7-9(2)12(8)15-13(16)10-4-3-5-10/h6-7,10H,3-5H2,1-2H3,(H,15,16). The largest absolute Gasteiger partial charge is 0.325 e. The molecule has 16 heavy (non-hydrogen) atoms. The number of amides is 1. The molecule has 0 unspecified atom stereocenters. The minimum atomic E-state index is 0.180. The molecule has 1 aromatic rings. The number of hydrogen-bond donors (Lipinski definition) is 1. The maximum Gasteiger partial charge on any atom is 0.227 e. The van der Waals surface area contributed by atoms with Crippen molar-refractivity contribution in [3.8, 4) is 0 Å². The first-order valence-corrected chi connectivity index (χ1v) is 6.45. The van der Waals surface area contributed by atoms with Crippen LogP contribution in [0.3, 0.4) is 0 Å². The zero-order chi connectivity index (χ0) is 11.7. The Balaban J connectivity index is 2.17. The number of hydrogen-bond acceptors (Lipinski definition) is 1. The van der Waals surface area contributed by atoms with Crippen LogP contribution in [0, 0.1) is 19.8 Å². The van der Waals surface area contributed by atoms with Gasteiger partial charge < -0.3 is 5.32 Å². The van der Waals surface area contributed by atoms with Crippen LogP contribution in [0.5, 0.6) is 0 Å². The number of benzene rings is 1. The Labute approximate surface area is 105 Å². The van der Waals surface area contributed by atoms with Gasteiger partial charge in [-0.2, -0.15) is 0 Å². The average Bonchev–Trinajstić information content (AvgIpc) is 2.08. The first-order chi connectivity index (χ1) is 7.58. The van der Waals surface area contributed by atoms with Gasteiger partial charge in [0.2, 0.25) is 5.91 Å². The van der Waals surface area contributed by atoms with E-state index in [1.807, 2.05) is 26.0 Å². The Hall–Kier alpha value is -0.830. The van der Waals surface area contributed by atoms with E-state index in [2.05, 4.69) is 21.2 Å². The normalized spacial score (nSPS) is 15.7. The molecular weight excluding hydrogens is 266 g/mol. The van der Waals surface area contributed by atoms with Gasteiger partial charge in [-0.15, -0.1) is 0 Å². The number of aryl methyl sites for hydroxylation is 2. The topological polar surface area (TPSA) is 29.1 Å². The lowest BCUT2D eigenvalue weighted by atomic mass is 9.84. The maximum absolute atomic E-state index is 11.9. The monoisotopic (exact) mass is 281 g/mol. The number of carbonyl (C=O) groups excluding carboxylic acids is 1. The molecule has 1 saturated carbocycles. The molecule has 1 N–H and O–H groups in total. The molecule has 86 valence electrons. The number of nitrogens with one attached hydrogen (secondary N) is 1. The summed E-state index contributed by atoms with van der Waals surface area (Å²) in [7, 11) is 0. The average molecular weight is 282 g/mol. The van der Waals surface area contributed by atoms with Crippen LogP contribution < -0.4 is 5.32 Å². The summed E-state index contributed by atoms with van der Waals surface area (Å²) in [6, 6.07) is 4.06. The first-order valence-electron chi connectivity index (χ1n) is 5.65. The van der Waals surface area contributed by atoms with E-state index in [1.165, 1.54) is 6.42 Å². The highest BCUT2D eigenvalue weighted by atomic mass is 79.9. The van der Waals surface area contributed by atoms with Crippen LogP contribution in [0.2, 0.25) is 0 Å². The van der Waals surface area contributed by atoms with Crippen molar-refractivity contribution in [1.82, 2.24) is 0 Å². The highest BCUT2D eigenvalue weighted by molar-refractivity contribution is 9.10. The van der Waals surface area contributed by atoms with Gasteiger partial charge in [0, 0.05) is 16.1 Å². The molecule has 0 bridgehead atoms. The molecular formula is C13H16BrNO. The van der Waals surface area contributed by atoms with E-state index < -0.39 is 0 Å². The third-order valence-electron chi connectivity index (χ3n) is 3.22. The van der Waals surface area contributed by atoms with Gasteiger partial charge in [0.05, 0.1) is 0 Å². The predicted molar refractivity (Wildman–Crippen MR) is 69.6 cm³/mol. The van der Waals surface area contributed by atoms with Gasteiger partial charge in [-0.3, -0.25) is 4.79 Å². The molecule has 1 fully saturated rings. The lowest BCUT2D eigenvalue weighted by Gasteiger charge is -2.25.